The Morgan fingerprint density at radius 1 is 1.17 bits per heavy atom. The molecule has 1 aromatic carbocycles. The average Bonchev–Trinajstić information content (AvgIpc) is 2.57. The van der Waals surface area contributed by atoms with Crippen LogP contribution in [0.5, 0.6) is 11.6 Å². The number of piperidine rings is 1. The lowest BCUT2D eigenvalue weighted by Gasteiger charge is -2.29. The highest BCUT2D eigenvalue weighted by molar-refractivity contribution is 5.37. The van der Waals surface area contributed by atoms with Gasteiger partial charge >= 0.3 is 0 Å². The second-order valence-electron chi connectivity index (χ2n) is 6.29. The van der Waals surface area contributed by atoms with Crippen molar-refractivity contribution >= 4 is 0 Å². The summed E-state index contributed by atoms with van der Waals surface area (Å²) in [5, 5.41) is 3.65. The van der Waals surface area contributed by atoms with Crippen LogP contribution in [0.3, 0.4) is 0 Å². The fraction of sp³-hybridized carbons (Fsp3) is 0.421. The first-order chi connectivity index (χ1) is 11.2. The third-order valence-electron chi connectivity index (χ3n) is 4.45. The highest BCUT2D eigenvalue weighted by Gasteiger charge is 2.16. The normalized spacial score (nSPS) is 16.4. The second kappa shape index (κ2) is 7.57. The van der Waals surface area contributed by atoms with Gasteiger partial charge in [-0.1, -0.05) is 24.3 Å². The summed E-state index contributed by atoms with van der Waals surface area (Å²) in [7, 11) is 2.19. The van der Waals surface area contributed by atoms with E-state index in [4.69, 9.17) is 4.74 Å². The van der Waals surface area contributed by atoms with Crippen LogP contribution in [0, 0.1) is 6.92 Å². The van der Waals surface area contributed by atoms with Gasteiger partial charge in [0.1, 0.15) is 5.75 Å². The first kappa shape index (κ1) is 16.0. The van der Waals surface area contributed by atoms with Gasteiger partial charge in [-0.05, 0) is 57.6 Å². The number of rotatable bonds is 5. The zero-order chi connectivity index (χ0) is 16.1. The van der Waals surface area contributed by atoms with Crippen LogP contribution in [0.4, 0.5) is 0 Å². The van der Waals surface area contributed by atoms with Crippen LogP contribution in [-0.4, -0.2) is 36.1 Å². The number of ether oxygens (including phenoxy) is 1. The maximum atomic E-state index is 6.04. The Morgan fingerprint density at radius 2 is 1.96 bits per heavy atom. The minimum atomic E-state index is 0.581. The Morgan fingerprint density at radius 3 is 2.74 bits per heavy atom. The molecule has 4 nitrogen and oxygen atoms in total. The van der Waals surface area contributed by atoms with Crippen LogP contribution in [0.15, 0.2) is 42.6 Å². The van der Waals surface area contributed by atoms with E-state index >= 15 is 0 Å². The molecule has 0 spiro atoms. The number of pyridine rings is 1. The third-order valence-corrected chi connectivity index (χ3v) is 4.45. The lowest BCUT2D eigenvalue weighted by Crippen LogP contribution is -2.40. The first-order valence-corrected chi connectivity index (χ1v) is 8.31. The highest BCUT2D eigenvalue weighted by atomic mass is 16.5. The van der Waals surface area contributed by atoms with E-state index in [1.54, 1.807) is 6.20 Å². The molecule has 1 aromatic heterocycles. The number of nitrogens with one attached hydrogen (secondary N) is 1. The number of aryl methyl sites for hydroxylation is 1. The zero-order valence-corrected chi connectivity index (χ0v) is 14.0. The Labute approximate surface area is 138 Å². The Bertz CT molecular complexity index is 636. The van der Waals surface area contributed by atoms with Gasteiger partial charge in [-0.2, -0.15) is 0 Å². The molecule has 1 N–H and O–H groups in total. The number of aromatic nitrogens is 1. The summed E-state index contributed by atoms with van der Waals surface area (Å²) >= 11 is 0. The maximum absolute atomic E-state index is 6.04. The predicted octanol–water partition coefficient (Wildman–Crippen LogP) is 3.37. The van der Waals surface area contributed by atoms with E-state index in [2.05, 4.69) is 41.3 Å². The SMILES string of the molecule is Cc1ccccc1Oc1ncccc1CNC1CCN(C)CC1. The van der Waals surface area contributed by atoms with Gasteiger partial charge in [-0.3, -0.25) is 0 Å². The summed E-state index contributed by atoms with van der Waals surface area (Å²) in [4.78, 5) is 6.80. The monoisotopic (exact) mass is 311 g/mol. The predicted molar refractivity (Wildman–Crippen MR) is 92.8 cm³/mol. The molecule has 1 aliphatic heterocycles. The number of benzene rings is 1. The summed E-state index contributed by atoms with van der Waals surface area (Å²) < 4.78 is 6.04. The highest BCUT2D eigenvalue weighted by Crippen LogP contribution is 2.25. The zero-order valence-electron chi connectivity index (χ0n) is 14.0. The van der Waals surface area contributed by atoms with Crippen molar-refractivity contribution in [3.63, 3.8) is 0 Å². The van der Waals surface area contributed by atoms with Crippen molar-refractivity contribution < 1.29 is 4.74 Å². The Hall–Kier alpha value is -1.91. The molecule has 122 valence electrons. The van der Waals surface area contributed by atoms with Crippen molar-refractivity contribution in [3.05, 3.63) is 53.7 Å². The molecule has 0 amide bonds. The number of hydrogen-bond donors (Lipinski definition) is 1. The maximum Gasteiger partial charge on any atom is 0.223 e. The molecule has 1 fully saturated rings. The van der Waals surface area contributed by atoms with Crippen molar-refractivity contribution in [1.29, 1.82) is 0 Å². The van der Waals surface area contributed by atoms with Gasteiger partial charge < -0.3 is 15.0 Å². The lowest BCUT2D eigenvalue weighted by molar-refractivity contribution is 0.233. The largest absolute Gasteiger partial charge is 0.438 e. The van der Waals surface area contributed by atoms with E-state index in [0.29, 0.717) is 11.9 Å². The topological polar surface area (TPSA) is 37.4 Å². The molecule has 3 rings (SSSR count). The summed E-state index contributed by atoms with van der Waals surface area (Å²) in [6.45, 7) is 5.17. The van der Waals surface area contributed by atoms with Crippen LogP contribution >= 0.6 is 0 Å². The Balaban J connectivity index is 1.65. The molecule has 1 saturated heterocycles. The minimum Gasteiger partial charge on any atom is -0.438 e. The van der Waals surface area contributed by atoms with Crippen LogP contribution in [-0.2, 0) is 6.54 Å². The molecule has 0 unspecified atom stereocenters. The number of likely N-dealkylation sites (tertiary alicyclic amines) is 1. The van der Waals surface area contributed by atoms with Gasteiger partial charge in [-0.15, -0.1) is 0 Å². The van der Waals surface area contributed by atoms with Gasteiger partial charge in [0.2, 0.25) is 5.88 Å². The van der Waals surface area contributed by atoms with Crippen LogP contribution in [0.1, 0.15) is 24.0 Å². The van der Waals surface area contributed by atoms with Crippen molar-refractivity contribution in [3.8, 4) is 11.6 Å². The molecule has 1 aliphatic rings. The molecule has 0 bridgehead atoms. The number of nitrogens with zero attached hydrogens (tertiary/aromatic N) is 2. The van der Waals surface area contributed by atoms with Crippen molar-refractivity contribution in [2.24, 2.45) is 0 Å². The summed E-state index contributed by atoms with van der Waals surface area (Å²) in [5.74, 6) is 1.56. The Kier molecular flexibility index (Phi) is 5.26. The van der Waals surface area contributed by atoms with E-state index < -0.39 is 0 Å². The van der Waals surface area contributed by atoms with Crippen molar-refractivity contribution in [1.82, 2.24) is 15.2 Å². The first-order valence-electron chi connectivity index (χ1n) is 8.31. The van der Waals surface area contributed by atoms with Crippen LogP contribution in [0.2, 0.25) is 0 Å². The second-order valence-corrected chi connectivity index (χ2v) is 6.29. The van der Waals surface area contributed by atoms with Crippen molar-refractivity contribution in [2.45, 2.75) is 32.4 Å². The average molecular weight is 311 g/mol. The minimum absolute atomic E-state index is 0.581. The molecule has 2 heterocycles. The number of para-hydroxylation sites is 1. The summed E-state index contributed by atoms with van der Waals surface area (Å²) in [6, 6.07) is 12.7. The summed E-state index contributed by atoms with van der Waals surface area (Å²) in [6.07, 6.45) is 4.18. The molecule has 4 heteroatoms. The molecule has 0 saturated carbocycles. The summed E-state index contributed by atoms with van der Waals surface area (Å²) in [5.41, 5.74) is 2.22. The van der Waals surface area contributed by atoms with E-state index in [1.165, 1.54) is 12.8 Å². The third kappa shape index (κ3) is 4.30. The lowest BCUT2D eigenvalue weighted by atomic mass is 10.1. The van der Waals surface area contributed by atoms with E-state index in [0.717, 1.165) is 36.5 Å². The molecular weight excluding hydrogens is 286 g/mol. The van der Waals surface area contributed by atoms with E-state index in [-0.39, 0.29) is 0 Å². The molecule has 0 atom stereocenters. The molecule has 0 radical (unpaired) electrons. The molecule has 2 aromatic rings. The van der Waals surface area contributed by atoms with E-state index in [9.17, 15) is 0 Å². The van der Waals surface area contributed by atoms with Crippen LogP contribution < -0.4 is 10.1 Å². The molecule has 0 aliphatic carbocycles. The van der Waals surface area contributed by atoms with Gasteiger partial charge in [0, 0.05) is 24.3 Å². The quantitative estimate of drug-likeness (QED) is 0.919. The van der Waals surface area contributed by atoms with E-state index in [1.807, 2.05) is 24.3 Å². The van der Waals surface area contributed by atoms with Gasteiger partial charge in [0.25, 0.3) is 0 Å². The molecule has 23 heavy (non-hydrogen) atoms. The fourth-order valence-corrected chi connectivity index (χ4v) is 2.89. The number of hydrogen-bond acceptors (Lipinski definition) is 4. The smallest absolute Gasteiger partial charge is 0.223 e. The van der Waals surface area contributed by atoms with Crippen LogP contribution in [0.25, 0.3) is 0 Å². The van der Waals surface area contributed by atoms with Gasteiger partial charge in [0.15, 0.2) is 0 Å². The standard InChI is InChI=1S/C19H25N3O/c1-15-6-3-4-8-18(15)23-19-16(7-5-11-20-19)14-21-17-9-12-22(2)13-10-17/h3-8,11,17,21H,9-10,12-14H2,1-2H3. The van der Waals surface area contributed by atoms with Gasteiger partial charge in [-0.25, -0.2) is 4.98 Å². The van der Waals surface area contributed by atoms with Gasteiger partial charge in [0.05, 0.1) is 0 Å². The molecular formula is C19H25N3O. The fourth-order valence-electron chi connectivity index (χ4n) is 2.89. The van der Waals surface area contributed by atoms with Crippen molar-refractivity contribution in [2.75, 3.05) is 20.1 Å².